The molecule has 1 atom stereocenters. The van der Waals surface area contributed by atoms with Gasteiger partial charge in [-0.05, 0) is 49.4 Å². The van der Waals surface area contributed by atoms with Crippen molar-refractivity contribution in [2.45, 2.75) is 13.0 Å². The first-order valence-corrected chi connectivity index (χ1v) is 11.6. The van der Waals surface area contributed by atoms with Crippen molar-refractivity contribution in [3.63, 3.8) is 0 Å². The number of aromatic nitrogens is 6. The van der Waals surface area contributed by atoms with Crippen molar-refractivity contribution in [2.24, 2.45) is 0 Å². The number of rotatable bonds is 5. The first kappa shape index (κ1) is 22.4. The second kappa shape index (κ2) is 9.19. The standard InChI is InChI=1S/C28H20FN7O/c1-16(35-28-25-22(37)10-13-32-27(25)33-15-34-28)26-24(21-7-3-5-12-31-21)23(20-6-2-4-11-30-20)18-14-17(29)8-9-19(18)36-26/h2-16H,1H3,(H2,32,33,34,35,37). The van der Waals surface area contributed by atoms with Crippen LogP contribution < -0.4 is 10.7 Å². The molecule has 0 spiro atoms. The average Bonchev–Trinajstić information content (AvgIpc) is 2.93. The van der Waals surface area contributed by atoms with Crippen molar-refractivity contribution in [3.8, 4) is 22.5 Å². The van der Waals surface area contributed by atoms with Crippen LogP contribution in [0.1, 0.15) is 18.7 Å². The molecule has 0 radical (unpaired) electrons. The van der Waals surface area contributed by atoms with Crippen LogP contribution in [0, 0.1) is 5.82 Å². The van der Waals surface area contributed by atoms with Crippen LogP contribution in [0.5, 0.6) is 0 Å². The van der Waals surface area contributed by atoms with Crippen molar-refractivity contribution < 1.29 is 4.39 Å². The minimum Gasteiger partial charge on any atom is -0.361 e. The summed E-state index contributed by atoms with van der Waals surface area (Å²) in [6.45, 7) is 1.93. The first-order valence-electron chi connectivity index (χ1n) is 11.6. The molecule has 0 aliphatic carbocycles. The molecule has 6 rings (SSSR count). The van der Waals surface area contributed by atoms with Crippen molar-refractivity contribution in [1.82, 2.24) is 29.9 Å². The Kier molecular flexibility index (Phi) is 5.57. The van der Waals surface area contributed by atoms with Gasteiger partial charge in [-0.25, -0.2) is 19.3 Å². The van der Waals surface area contributed by atoms with Gasteiger partial charge in [0, 0.05) is 41.2 Å². The number of benzene rings is 1. The van der Waals surface area contributed by atoms with Gasteiger partial charge in [0.25, 0.3) is 0 Å². The van der Waals surface area contributed by atoms with E-state index in [9.17, 15) is 9.18 Å². The van der Waals surface area contributed by atoms with Crippen LogP contribution in [0.3, 0.4) is 0 Å². The van der Waals surface area contributed by atoms with Gasteiger partial charge in [0.05, 0.1) is 28.6 Å². The molecule has 0 bridgehead atoms. The smallest absolute Gasteiger partial charge is 0.194 e. The van der Waals surface area contributed by atoms with Crippen LogP contribution in [0.25, 0.3) is 44.5 Å². The summed E-state index contributed by atoms with van der Waals surface area (Å²) in [6.07, 6.45) is 6.34. The van der Waals surface area contributed by atoms with Gasteiger partial charge in [0.15, 0.2) is 5.43 Å². The number of halogens is 1. The minimum absolute atomic E-state index is 0.204. The molecule has 0 aliphatic heterocycles. The van der Waals surface area contributed by atoms with Crippen LogP contribution in [0.4, 0.5) is 10.2 Å². The summed E-state index contributed by atoms with van der Waals surface area (Å²) < 4.78 is 14.5. The Bertz CT molecular complexity index is 1800. The van der Waals surface area contributed by atoms with Crippen molar-refractivity contribution in [3.05, 3.63) is 107 Å². The number of fused-ring (bicyclic) bond motifs is 2. The Balaban J connectivity index is 1.63. The number of hydrogen-bond acceptors (Lipinski definition) is 7. The highest BCUT2D eigenvalue weighted by atomic mass is 19.1. The Morgan fingerprint density at radius 1 is 0.892 bits per heavy atom. The van der Waals surface area contributed by atoms with E-state index in [-0.39, 0.29) is 11.2 Å². The molecular weight excluding hydrogens is 469 g/mol. The van der Waals surface area contributed by atoms with E-state index < -0.39 is 6.04 Å². The largest absolute Gasteiger partial charge is 0.361 e. The lowest BCUT2D eigenvalue weighted by Crippen LogP contribution is -2.15. The third-order valence-corrected chi connectivity index (χ3v) is 6.13. The summed E-state index contributed by atoms with van der Waals surface area (Å²) >= 11 is 0. The van der Waals surface area contributed by atoms with E-state index in [0.717, 1.165) is 5.56 Å². The topological polar surface area (TPSA) is 109 Å². The quantitative estimate of drug-likeness (QED) is 0.338. The number of nitrogens with zero attached hydrogens (tertiary/aromatic N) is 5. The molecule has 180 valence electrons. The highest BCUT2D eigenvalue weighted by Crippen LogP contribution is 2.40. The molecule has 0 saturated heterocycles. The Labute approximate surface area is 210 Å². The Morgan fingerprint density at radius 3 is 2.38 bits per heavy atom. The number of aromatic amines is 1. The number of hydrogen-bond donors (Lipinski definition) is 2. The SMILES string of the molecule is CC(Nc1ncnc2[nH]ccc(=O)c12)c1nc2ccc(F)cc2c(-c2ccccn2)c1-c1ccccn1. The fraction of sp³-hybridized carbons (Fsp3) is 0.0714. The lowest BCUT2D eigenvalue weighted by Gasteiger charge is -2.22. The normalized spacial score (nSPS) is 12.1. The average molecular weight is 490 g/mol. The molecule has 0 saturated carbocycles. The molecule has 0 amide bonds. The van der Waals surface area contributed by atoms with E-state index in [1.807, 2.05) is 43.3 Å². The molecule has 0 fully saturated rings. The molecule has 8 nitrogen and oxygen atoms in total. The monoisotopic (exact) mass is 489 g/mol. The second-order valence-corrected chi connectivity index (χ2v) is 8.49. The summed E-state index contributed by atoms with van der Waals surface area (Å²) in [7, 11) is 0. The maximum Gasteiger partial charge on any atom is 0.194 e. The van der Waals surface area contributed by atoms with Gasteiger partial charge >= 0.3 is 0 Å². The van der Waals surface area contributed by atoms with Crippen LogP contribution >= 0.6 is 0 Å². The highest BCUT2D eigenvalue weighted by molar-refractivity contribution is 6.02. The Hall–Kier alpha value is -5.05. The van der Waals surface area contributed by atoms with E-state index >= 15 is 0 Å². The third kappa shape index (κ3) is 4.06. The van der Waals surface area contributed by atoms with Crippen molar-refractivity contribution >= 4 is 27.8 Å². The zero-order valence-corrected chi connectivity index (χ0v) is 19.7. The summed E-state index contributed by atoms with van der Waals surface area (Å²) in [5.74, 6) is 0.00997. The number of H-pyrrole nitrogens is 1. The number of anilines is 1. The van der Waals surface area contributed by atoms with E-state index in [0.29, 0.717) is 50.4 Å². The molecule has 5 aromatic heterocycles. The maximum atomic E-state index is 14.5. The number of nitrogens with one attached hydrogen (secondary N) is 2. The van der Waals surface area contributed by atoms with Crippen molar-refractivity contribution in [1.29, 1.82) is 0 Å². The predicted molar refractivity (Wildman–Crippen MR) is 140 cm³/mol. The summed E-state index contributed by atoms with van der Waals surface area (Å²) in [4.78, 5) is 38.3. The molecule has 1 aromatic carbocycles. The zero-order chi connectivity index (χ0) is 25.4. The molecule has 6 aromatic rings. The zero-order valence-electron chi connectivity index (χ0n) is 19.7. The maximum absolute atomic E-state index is 14.5. The fourth-order valence-corrected chi connectivity index (χ4v) is 4.51. The highest BCUT2D eigenvalue weighted by Gasteiger charge is 2.24. The molecule has 0 aliphatic rings. The van der Waals surface area contributed by atoms with Crippen molar-refractivity contribution in [2.75, 3.05) is 5.32 Å². The van der Waals surface area contributed by atoms with Gasteiger partial charge in [-0.15, -0.1) is 0 Å². The van der Waals surface area contributed by atoms with E-state index in [1.165, 1.54) is 24.5 Å². The fourth-order valence-electron chi connectivity index (χ4n) is 4.51. The molecule has 1 unspecified atom stereocenters. The van der Waals surface area contributed by atoms with E-state index in [2.05, 4.69) is 30.2 Å². The van der Waals surface area contributed by atoms with Gasteiger partial charge in [-0.2, -0.15) is 0 Å². The van der Waals surface area contributed by atoms with Crippen LogP contribution in [-0.4, -0.2) is 29.9 Å². The lowest BCUT2D eigenvalue weighted by atomic mass is 9.92. The lowest BCUT2D eigenvalue weighted by molar-refractivity contribution is 0.629. The van der Waals surface area contributed by atoms with Gasteiger partial charge in [-0.1, -0.05) is 12.1 Å². The minimum atomic E-state index is -0.424. The van der Waals surface area contributed by atoms with Gasteiger partial charge < -0.3 is 10.3 Å². The summed E-state index contributed by atoms with van der Waals surface area (Å²) in [5, 5.41) is 4.33. The van der Waals surface area contributed by atoms with Crippen LogP contribution in [0.15, 0.2) is 90.4 Å². The van der Waals surface area contributed by atoms with Gasteiger partial charge in [0.2, 0.25) is 0 Å². The van der Waals surface area contributed by atoms with Gasteiger partial charge in [-0.3, -0.25) is 14.8 Å². The molecule has 2 N–H and O–H groups in total. The molecule has 5 heterocycles. The van der Waals surface area contributed by atoms with Gasteiger partial charge in [0.1, 0.15) is 29.0 Å². The van der Waals surface area contributed by atoms with E-state index in [4.69, 9.17) is 4.98 Å². The predicted octanol–water partition coefficient (Wildman–Crippen LogP) is 5.30. The second-order valence-electron chi connectivity index (χ2n) is 8.49. The number of pyridine rings is 4. The molecule has 37 heavy (non-hydrogen) atoms. The van der Waals surface area contributed by atoms with Crippen LogP contribution in [0.2, 0.25) is 0 Å². The third-order valence-electron chi connectivity index (χ3n) is 6.13. The molecule has 9 heteroatoms. The Morgan fingerprint density at radius 2 is 1.65 bits per heavy atom. The summed E-state index contributed by atoms with van der Waals surface area (Å²) in [5.41, 5.74) is 4.24. The van der Waals surface area contributed by atoms with E-state index in [1.54, 1.807) is 24.7 Å². The van der Waals surface area contributed by atoms with Crippen LogP contribution in [-0.2, 0) is 0 Å². The molecular formula is C28H20FN7O. The summed E-state index contributed by atoms with van der Waals surface area (Å²) in [6, 6.07) is 16.7. The first-order chi connectivity index (χ1) is 18.1.